The third-order valence-electron chi connectivity index (χ3n) is 2.41. The summed E-state index contributed by atoms with van der Waals surface area (Å²) in [6, 6.07) is 5.03. The Hall–Kier alpha value is -1.04. The van der Waals surface area contributed by atoms with Crippen molar-refractivity contribution in [3.05, 3.63) is 39.0 Å². The molecule has 0 radical (unpaired) electrons. The number of anilines is 1. The summed E-state index contributed by atoms with van der Waals surface area (Å²) in [6.45, 7) is 2.90. The number of hydrogen-bond acceptors (Lipinski definition) is 4. The summed E-state index contributed by atoms with van der Waals surface area (Å²) < 4.78 is 6.35. The molecule has 1 heterocycles. The molecule has 0 amide bonds. The van der Waals surface area contributed by atoms with Gasteiger partial charge in [0.15, 0.2) is 0 Å². The molecule has 0 atom stereocenters. The molecule has 0 aliphatic rings. The Morgan fingerprint density at radius 1 is 1.25 bits per heavy atom. The second kappa shape index (κ2) is 7.11. The Kier molecular flexibility index (Phi) is 5.46. The van der Waals surface area contributed by atoms with Crippen LogP contribution in [0.2, 0.25) is 10.0 Å². The minimum Gasteiger partial charge on any atom is -0.438 e. The fourth-order valence-corrected chi connectivity index (χ4v) is 2.16. The maximum atomic E-state index is 5.95. The van der Waals surface area contributed by atoms with Crippen LogP contribution in [0, 0.1) is 0 Å². The number of benzene rings is 1. The second-order valence-electron chi connectivity index (χ2n) is 3.95. The average Bonchev–Trinajstić information content (AvgIpc) is 2.44. The van der Waals surface area contributed by atoms with Gasteiger partial charge in [-0.3, -0.25) is 0 Å². The molecule has 7 heteroatoms. The molecule has 2 aromatic rings. The van der Waals surface area contributed by atoms with E-state index < -0.39 is 0 Å². The van der Waals surface area contributed by atoms with Gasteiger partial charge in [-0.1, -0.05) is 30.1 Å². The summed E-state index contributed by atoms with van der Waals surface area (Å²) in [5.74, 6) is 1.66. The number of aromatic nitrogens is 2. The Labute approximate surface area is 135 Å². The minimum absolute atomic E-state index is 0.414. The molecule has 0 fully saturated rings. The van der Waals surface area contributed by atoms with Crippen LogP contribution in [0.3, 0.4) is 0 Å². The summed E-state index contributed by atoms with van der Waals surface area (Å²) in [5.41, 5.74) is 0. The van der Waals surface area contributed by atoms with Gasteiger partial charge >= 0.3 is 0 Å². The Morgan fingerprint density at radius 3 is 2.75 bits per heavy atom. The largest absolute Gasteiger partial charge is 0.438 e. The van der Waals surface area contributed by atoms with Crippen LogP contribution in [-0.2, 0) is 0 Å². The van der Waals surface area contributed by atoms with Crippen LogP contribution in [-0.4, -0.2) is 16.5 Å². The fourth-order valence-electron chi connectivity index (χ4n) is 1.44. The summed E-state index contributed by atoms with van der Waals surface area (Å²) in [6.07, 6.45) is 2.44. The molecule has 0 spiro atoms. The van der Waals surface area contributed by atoms with E-state index in [4.69, 9.17) is 27.9 Å². The third-order valence-corrected chi connectivity index (χ3v) is 3.86. The van der Waals surface area contributed by atoms with Crippen LogP contribution in [0.15, 0.2) is 29.0 Å². The van der Waals surface area contributed by atoms with Gasteiger partial charge in [-0.25, -0.2) is 9.97 Å². The van der Waals surface area contributed by atoms with E-state index in [9.17, 15) is 0 Å². The van der Waals surface area contributed by atoms with Gasteiger partial charge < -0.3 is 10.1 Å². The first-order valence-electron chi connectivity index (χ1n) is 5.99. The molecule has 106 valence electrons. The van der Waals surface area contributed by atoms with Gasteiger partial charge in [0, 0.05) is 12.6 Å². The van der Waals surface area contributed by atoms with Crippen LogP contribution < -0.4 is 10.1 Å². The van der Waals surface area contributed by atoms with Gasteiger partial charge in [0.25, 0.3) is 0 Å². The van der Waals surface area contributed by atoms with E-state index in [0.29, 0.717) is 32.0 Å². The SMILES string of the molecule is CCCNc1ncnc(Oc2ccc(Cl)c(Cl)c2)c1Br. The second-order valence-corrected chi connectivity index (χ2v) is 5.55. The van der Waals surface area contributed by atoms with Crippen LogP contribution in [0.5, 0.6) is 11.6 Å². The lowest BCUT2D eigenvalue weighted by atomic mass is 10.3. The highest BCUT2D eigenvalue weighted by molar-refractivity contribution is 9.10. The fraction of sp³-hybridized carbons (Fsp3) is 0.231. The van der Waals surface area contributed by atoms with Crippen molar-refractivity contribution < 1.29 is 4.74 Å². The van der Waals surface area contributed by atoms with Gasteiger partial charge in [-0.2, -0.15) is 0 Å². The smallest absolute Gasteiger partial charge is 0.238 e. The number of rotatable bonds is 5. The van der Waals surface area contributed by atoms with E-state index in [-0.39, 0.29) is 0 Å². The van der Waals surface area contributed by atoms with Gasteiger partial charge in [0.05, 0.1) is 10.0 Å². The summed E-state index contributed by atoms with van der Waals surface area (Å²) in [7, 11) is 0. The molecule has 4 nitrogen and oxygen atoms in total. The lowest BCUT2D eigenvalue weighted by Crippen LogP contribution is -2.04. The molecular formula is C13H12BrCl2N3O. The van der Waals surface area contributed by atoms with E-state index in [1.807, 2.05) is 0 Å². The molecule has 20 heavy (non-hydrogen) atoms. The van der Waals surface area contributed by atoms with Crippen molar-refractivity contribution in [2.24, 2.45) is 0 Å². The van der Waals surface area contributed by atoms with Gasteiger partial charge in [-0.15, -0.1) is 0 Å². The Bertz CT molecular complexity index is 610. The maximum absolute atomic E-state index is 5.95. The molecule has 0 saturated heterocycles. The molecule has 2 rings (SSSR count). The van der Waals surface area contributed by atoms with E-state index in [0.717, 1.165) is 13.0 Å². The number of nitrogens with zero attached hydrogens (tertiary/aromatic N) is 2. The first-order valence-corrected chi connectivity index (χ1v) is 7.54. The summed E-state index contributed by atoms with van der Waals surface area (Å²) in [4.78, 5) is 8.25. The minimum atomic E-state index is 0.414. The van der Waals surface area contributed by atoms with Crippen molar-refractivity contribution >= 4 is 44.9 Å². The standard InChI is InChI=1S/C13H12BrCl2N3O/c1-2-5-17-12-11(14)13(19-7-18-12)20-8-3-4-9(15)10(16)6-8/h3-4,6-7H,2,5H2,1H3,(H,17,18,19). The van der Waals surface area contributed by atoms with Crippen LogP contribution in [0.25, 0.3) is 0 Å². The van der Waals surface area contributed by atoms with Crippen LogP contribution in [0.1, 0.15) is 13.3 Å². The predicted octanol–water partition coefficient (Wildman–Crippen LogP) is 5.16. The topological polar surface area (TPSA) is 47.0 Å². The quantitative estimate of drug-likeness (QED) is 0.782. The number of halogens is 3. The van der Waals surface area contributed by atoms with Crippen molar-refractivity contribution in [3.63, 3.8) is 0 Å². The molecule has 1 aromatic heterocycles. The lowest BCUT2D eigenvalue weighted by molar-refractivity contribution is 0.458. The van der Waals surface area contributed by atoms with Crippen molar-refractivity contribution in [3.8, 4) is 11.6 Å². The number of hydrogen-bond donors (Lipinski definition) is 1. The van der Waals surface area contributed by atoms with Crippen molar-refractivity contribution in [2.75, 3.05) is 11.9 Å². The van der Waals surface area contributed by atoms with E-state index in [1.165, 1.54) is 6.33 Å². The predicted molar refractivity (Wildman–Crippen MR) is 85.0 cm³/mol. The third kappa shape index (κ3) is 3.75. The zero-order chi connectivity index (χ0) is 14.5. The molecule has 0 unspecified atom stereocenters. The molecule has 0 aliphatic carbocycles. The highest BCUT2D eigenvalue weighted by Crippen LogP contribution is 2.34. The first-order chi connectivity index (χ1) is 9.61. The van der Waals surface area contributed by atoms with Crippen LogP contribution in [0.4, 0.5) is 5.82 Å². The summed E-state index contributed by atoms with van der Waals surface area (Å²) >= 11 is 15.2. The highest BCUT2D eigenvalue weighted by atomic mass is 79.9. The average molecular weight is 377 g/mol. The Morgan fingerprint density at radius 2 is 2.05 bits per heavy atom. The normalized spacial score (nSPS) is 10.4. The number of nitrogens with one attached hydrogen (secondary N) is 1. The number of ether oxygens (including phenoxy) is 1. The van der Waals surface area contributed by atoms with Gasteiger partial charge in [0.2, 0.25) is 5.88 Å². The van der Waals surface area contributed by atoms with Crippen molar-refractivity contribution in [1.29, 1.82) is 0 Å². The molecular weight excluding hydrogens is 365 g/mol. The van der Waals surface area contributed by atoms with Crippen molar-refractivity contribution in [2.45, 2.75) is 13.3 Å². The van der Waals surface area contributed by atoms with Crippen molar-refractivity contribution in [1.82, 2.24) is 9.97 Å². The molecule has 0 bridgehead atoms. The highest BCUT2D eigenvalue weighted by Gasteiger charge is 2.11. The zero-order valence-corrected chi connectivity index (χ0v) is 13.8. The van der Waals surface area contributed by atoms with E-state index >= 15 is 0 Å². The van der Waals surface area contributed by atoms with Crippen LogP contribution >= 0.6 is 39.1 Å². The monoisotopic (exact) mass is 375 g/mol. The van der Waals surface area contributed by atoms with Gasteiger partial charge in [0.1, 0.15) is 22.4 Å². The molecule has 0 aliphatic heterocycles. The van der Waals surface area contributed by atoms with E-state index in [2.05, 4.69) is 38.1 Å². The summed E-state index contributed by atoms with van der Waals surface area (Å²) in [5, 5.41) is 4.09. The van der Waals surface area contributed by atoms with E-state index in [1.54, 1.807) is 18.2 Å². The van der Waals surface area contributed by atoms with Gasteiger partial charge in [-0.05, 0) is 34.5 Å². The maximum Gasteiger partial charge on any atom is 0.238 e. The Balaban J connectivity index is 2.22. The molecule has 1 N–H and O–H groups in total. The zero-order valence-electron chi connectivity index (χ0n) is 10.7. The lowest BCUT2D eigenvalue weighted by Gasteiger charge is -2.10. The molecule has 1 aromatic carbocycles. The first kappa shape index (κ1) is 15.4. The molecule has 0 saturated carbocycles.